The second-order valence-electron chi connectivity index (χ2n) is 5.18. The van der Waals surface area contributed by atoms with Crippen LogP contribution in [0.1, 0.15) is 32.8 Å². The fourth-order valence-electron chi connectivity index (χ4n) is 1.64. The lowest BCUT2D eigenvalue weighted by molar-refractivity contribution is -0.122. The van der Waals surface area contributed by atoms with Crippen molar-refractivity contribution in [2.75, 3.05) is 5.32 Å². The molecule has 1 aromatic carbocycles. The maximum Gasteiger partial charge on any atom is 0.319 e. The highest BCUT2D eigenvalue weighted by Gasteiger charge is 2.10. The molecular formula is C15H25ClN4O2. The molecule has 0 unspecified atom stereocenters. The van der Waals surface area contributed by atoms with Crippen LogP contribution in [0.3, 0.4) is 0 Å². The highest BCUT2D eigenvalue weighted by molar-refractivity contribution is 5.89. The molecule has 0 radical (unpaired) electrons. The van der Waals surface area contributed by atoms with Crippen LogP contribution in [0.4, 0.5) is 10.5 Å². The van der Waals surface area contributed by atoms with Gasteiger partial charge in [0.15, 0.2) is 0 Å². The van der Waals surface area contributed by atoms with Crippen molar-refractivity contribution in [1.82, 2.24) is 10.6 Å². The summed E-state index contributed by atoms with van der Waals surface area (Å²) in [5, 5.41) is 8.25. The van der Waals surface area contributed by atoms with Gasteiger partial charge in [-0.2, -0.15) is 0 Å². The highest BCUT2D eigenvalue weighted by atomic mass is 35.5. The van der Waals surface area contributed by atoms with E-state index in [1.807, 2.05) is 32.9 Å². The molecule has 0 bridgehead atoms. The van der Waals surface area contributed by atoms with Crippen LogP contribution < -0.4 is 21.7 Å². The van der Waals surface area contributed by atoms with E-state index in [2.05, 4.69) is 16.0 Å². The lowest BCUT2D eigenvalue weighted by Gasteiger charge is -2.12. The molecule has 0 heterocycles. The summed E-state index contributed by atoms with van der Waals surface area (Å²) >= 11 is 0. The Morgan fingerprint density at radius 2 is 1.77 bits per heavy atom. The Bertz CT molecular complexity index is 477. The van der Waals surface area contributed by atoms with Crippen molar-refractivity contribution in [3.63, 3.8) is 0 Å². The number of benzene rings is 1. The van der Waals surface area contributed by atoms with Gasteiger partial charge in [0, 0.05) is 18.3 Å². The van der Waals surface area contributed by atoms with Crippen molar-refractivity contribution < 1.29 is 9.59 Å². The number of carbonyl (C=O) groups is 2. The molecule has 22 heavy (non-hydrogen) atoms. The van der Waals surface area contributed by atoms with E-state index in [4.69, 9.17) is 5.73 Å². The monoisotopic (exact) mass is 328 g/mol. The Morgan fingerprint density at radius 3 is 2.27 bits per heavy atom. The Labute approximate surface area is 137 Å². The molecule has 0 saturated heterocycles. The molecule has 0 aliphatic rings. The molecule has 0 spiro atoms. The van der Waals surface area contributed by atoms with Crippen molar-refractivity contribution >= 4 is 30.0 Å². The lowest BCUT2D eigenvalue weighted by Crippen LogP contribution is -2.39. The minimum Gasteiger partial charge on any atom is -0.351 e. The van der Waals surface area contributed by atoms with E-state index in [0.29, 0.717) is 18.7 Å². The largest absolute Gasteiger partial charge is 0.351 e. The number of amides is 3. The van der Waals surface area contributed by atoms with Crippen LogP contribution in [0.5, 0.6) is 0 Å². The van der Waals surface area contributed by atoms with Crippen LogP contribution in [-0.4, -0.2) is 24.0 Å². The number of anilines is 1. The molecule has 124 valence electrons. The zero-order valence-corrected chi connectivity index (χ0v) is 14.0. The fourth-order valence-corrected chi connectivity index (χ4v) is 1.64. The van der Waals surface area contributed by atoms with Crippen molar-refractivity contribution in [3.05, 3.63) is 29.8 Å². The summed E-state index contributed by atoms with van der Waals surface area (Å²) in [5.74, 6) is -0.156. The van der Waals surface area contributed by atoms with Crippen molar-refractivity contribution in [1.29, 1.82) is 0 Å². The van der Waals surface area contributed by atoms with Crippen molar-refractivity contribution in [3.8, 4) is 0 Å². The van der Waals surface area contributed by atoms with Gasteiger partial charge in [0.25, 0.3) is 0 Å². The summed E-state index contributed by atoms with van der Waals surface area (Å²) in [6.45, 7) is 6.08. The summed E-state index contributed by atoms with van der Waals surface area (Å²) < 4.78 is 0. The van der Waals surface area contributed by atoms with E-state index >= 15 is 0 Å². The topological polar surface area (TPSA) is 96.2 Å². The normalized spacial score (nSPS) is 11.3. The first-order chi connectivity index (χ1) is 9.92. The molecule has 1 atom stereocenters. The number of urea groups is 1. The maximum absolute atomic E-state index is 11.6. The standard InChI is InChI=1S/C15H24N4O2.ClH/c1-4-13(16)14(20)17-9-11-5-7-12(8-6-11)19-15(21)18-10(2)3;/h5-8,10,13H,4,9,16H2,1-3H3,(H,17,20)(H2,18,19,21);1H/t13-;/m0./s1. The van der Waals surface area contributed by atoms with Gasteiger partial charge in [-0.15, -0.1) is 12.4 Å². The summed E-state index contributed by atoms with van der Waals surface area (Å²) in [7, 11) is 0. The molecule has 5 N–H and O–H groups in total. The van der Waals surface area contributed by atoms with E-state index in [9.17, 15) is 9.59 Å². The number of nitrogens with one attached hydrogen (secondary N) is 3. The van der Waals surface area contributed by atoms with Crippen LogP contribution >= 0.6 is 12.4 Å². The van der Waals surface area contributed by atoms with Gasteiger partial charge in [-0.25, -0.2) is 4.79 Å². The Morgan fingerprint density at radius 1 is 1.18 bits per heavy atom. The molecule has 1 aromatic rings. The van der Waals surface area contributed by atoms with E-state index < -0.39 is 6.04 Å². The Hall–Kier alpha value is -1.79. The van der Waals surface area contributed by atoms with Crippen LogP contribution in [0.25, 0.3) is 0 Å². The second-order valence-corrected chi connectivity index (χ2v) is 5.18. The maximum atomic E-state index is 11.6. The van der Waals surface area contributed by atoms with Gasteiger partial charge in [0.2, 0.25) is 5.91 Å². The number of carbonyl (C=O) groups excluding carboxylic acids is 2. The van der Waals surface area contributed by atoms with Gasteiger partial charge in [-0.1, -0.05) is 19.1 Å². The number of nitrogens with two attached hydrogens (primary N) is 1. The molecule has 0 saturated carbocycles. The smallest absolute Gasteiger partial charge is 0.319 e. The van der Waals surface area contributed by atoms with Crippen molar-refractivity contribution in [2.45, 2.75) is 45.8 Å². The first kappa shape index (κ1) is 20.2. The van der Waals surface area contributed by atoms with Gasteiger partial charge < -0.3 is 21.7 Å². The molecule has 6 nitrogen and oxygen atoms in total. The average molecular weight is 329 g/mol. The predicted molar refractivity (Wildman–Crippen MR) is 91.1 cm³/mol. The molecule has 7 heteroatoms. The third-order valence-electron chi connectivity index (χ3n) is 2.87. The summed E-state index contributed by atoms with van der Waals surface area (Å²) in [5.41, 5.74) is 7.28. The van der Waals surface area contributed by atoms with Gasteiger partial charge >= 0.3 is 6.03 Å². The van der Waals surface area contributed by atoms with Gasteiger partial charge in [0.05, 0.1) is 6.04 Å². The molecular weight excluding hydrogens is 304 g/mol. The predicted octanol–water partition coefficient (Wildman–Crippen LogP) is 1.99. The van der Waals surface area contributed by atoms with E-state index in [-0.39, 0.29) is 30.4 Å². The van der Waals surface area contributed by atoms with Gasteiger partial charge in [0.1, 0.15) is 0 Å². The fraction of sp³-hybridized carbons (Fsp3) is 0.467. The first-order valence-electron chi connectivity index (χ1n) is 7.12. The second kappa shape index (κ2) is 10.0. The minimum absolute atomic E-state index is 0. The number of halogens is 1. The summed E-state index contributed by atoms with van der Waals surface area (Å²) in [4.78, 5) is 23.1. The molecule has 0 fully saturated rings. The first-order valence-corrected chi connectivity index (χ1v) is 7.12. The summed E-state index contributed by atoms with van der Waals surface area (Å²) in [6, 6.07) is 6.67. The molecule has 0 aromatic heterocycles. The number of hydrogen-bond donors (Lipinski definition) is 4. The average Bonchev–Trinajstić information content (AvgIpc) is 2.44. The number of rotatable bonds is 6. The lowest BCUT2D eigenvalue weighted by atomic mass is 10.2. The zero-order valence-electron chi connectivity index (χ0n) is 13.2. The SMILES string of the molecule is CC[C@H](N)C(=O)NCc1ccc(NC(=O)NC(C)C)cc1.Cl. The molecule has 1 rings (SSSR count). The summed E-state index contributed by atoms with van der Waals surface area (Å²) in [6.07, 6.45) is 0.611. The van der Waals surface area contributed by atoms with Crippen LogP contribution in [0, 0.1) is 0 Å². The van der Waals surface area contributed by atoms with Crippen LogP contribution in [0.15, 0.2) is 24.3 Å². The van der Waals surface area contributed by atoms with Crippen LogP contribution in [-0.2, 0) is 11.3 Å². The highest BCUT2D eigenvalue weighted by Crippen LogP contribution is 2.09. The minimum atomic E-state index is -0.467. The van der Waals surface area contributed by atoms with Crippen LogP contribution in [0.2, 0.25) is 0 Å². The van der Waals surface area contributed by atoms with E-state index in [1.54, 1.807) is 12.1 Å². The zero-order chi connectivity index (χ0) is 15.8. The Balaban J connectivity index is 0.00000441. The van der Waals surface area contributed by atoms with Crippen molar-refractivity contribution in [2.24, 2.45) is 5.73 Å². The third-order valence-corrected chi connectivity index (χ3v) is 2.87. The molecule has 0 aliphatic heterocycles. The molecule has 3 amide bonds. The van der Waals surface area contributed by atoms with E-state index in [0.717, 1.165) is 5.56 Å². The molecule has 0 aliphatic carbocycles. The van der Waals surface area contributed by atoms with Gasteiger partial charge in [-0.3, -0.25) is 4.79 Å². The quantitative estimate of drug-likeness (QED) is 0.643. The van der Waals surface area contributed by atoms with E-state index in [1.165, 1.54) is 0 Å². The number of hydrogen-bond acceptors (Lipinski definition) is 3. The Kier molecular flexibility index (Phi) is 9.21. The van der Waals surface area contributed by atoms with Gasteiger partial charge in [-0.05, 0) is 38.0 Å². The third kappa shape index (κ3) is 7.28.